The zero-order chi connectivity index (χ0) is 21.4. The number of piperidine rings is 1. The van der Waals surface area contributed by atoms with E-state index in [1.165, 1.54) is 18.4 Å². The lowest BCUT2D eigenvalue weighted by atomic mass is 9.91. The van der Waals surface area contributed by atoms with E-state index in [1.807, 2.05) is 24.9 Å². The molecule has 0 amide bonds. The summed E-state index contributed by atoms with van der Waals surface area (Å²) < 4.78 is 8.97. The normalized spacial score (nSPS) is 23.0. The van der Waals surface area contributed by atoms with E-state index < -0.39 is 0 Å². The number of aryl methyl sites for hydroxylation is 1. The number of esters is 1. The molecule has 5 rings (SSSR count). The van der Waals surface area contributed by atoms with Crippen LogP contribution in [0.2, 0.25) is 0 Å². The predicted molar refractivity (Wildman–Crippen MR) is 115 cm³/mol. The van der Waals surface area contributed by atoms with Gasteiger partial charge in [0.15, 0.2) is 0 Å². The second kappa shape index (κ2) is 8.26. The Kier molecular flexibility index (Phi) is 5.31. The molecule has 2 fully saturated rings. The second-order valence-electron chi connectivity index (χ2n) is 8.48. The van der Waals surface area contributed by atoms with Gasteiger partial charge in [-0.25, -0.2) is 9.48 Å². The van der Waals surface area contributed by atoms with E-state index in [0.29, 0.717) is 18.1 Å². The monoisotopic (exact) mass is 420 g/mol. The van der Waals surface area contributed by atoms with E-state index in [-0.39, 0.29) is 17.8 Å². The molecule has 0 spiro atoms. The van der Waals surface area contributed by atoms with Crippen LogP contribution in [0.4, 0.5) is 0 Å². The van der Waals surface area contributed by atoms with Crippen molar-refractivity contribution in [1.82, 2.24) is 30.1 Å². The predicted octanol–water partition coefficient (Wildman–Crippen LogP) is 2.92. The van der Waals surface area contributed by atoms with Crippen molar-refractivity contribution in [2.75, 3.05) is 19.7 Å². The number of hydrogen-bond donors (Lipinski definition) is 1. The second-order valence-corrected chi connectivity index (χ2v) is 8.48. The van der Waals surface area contributed by atoms with E-state index in [1.54, 1.807) is 10.9 Å². The van der Waals surface area contributed by atoms with Gasteiger partial charge in [0.05, 0.1) is 29.9 Å². The highest BCUT2D eigenvalue weighted by Gasteiger charge is 2.46. The van der Waals surface area contributed by atoms with Crippen molar-refractivity contribution in [2.24, 2.45) is 7.05 Å². The van der Waals surface area contributed by atoms with Gasteiger partial charge in [-0.1, -0.05) is 17.3 Å². The molecule has 1 saturated carbocycles. The van der Waals surface area contributed by atoms with Crippen LogP contribution in [0.3, 0.4) is 0 Å². The van der Waals surface area contributed by atoms with Gasteiger partial charge in [-0.2, -0.15) is 5.10 Å². The van der Waals surface area contributed by atoms with E-state index >= 15 is 0 Å². The third-order valence-corrected chi connectivity index (χ3v) is 6.33. The molecule has 1 aromatic carbocycles. The Labute approximate surface area is 181 Å². The van der Waals surface area contributed by atoms with Crippen LogP contribution in [0.15, 0.2) is 36.7 Å². The van der Waals surface area contributed by atoms with Crippen LogP contribution in [0, 0.1) is 0 Å². The van der Waals surface area contributed by atoms with E-state index in [4.69, 9.17) is 4.74 Å². The number of nitrogens with one attached hydrogen (secondary N) is 1. The van der Waals surface area contributed by atoms with Gasteiger partial charge in [0.2, 0.25) is 0 Å². The maximum absolute atomic E-state index is 12.7. The number of ether oxygens (including phenoxy) is 1. The van der Waals surface area contributed by atoms with Crippen molar-refractivity contribution in [3.63, 3.8) is 0 Å². The maximum Gasteiger partial charge on any atom is 0.341 e. The molecule has 1 N–H and O–H groups in total. The summed E-state index contributed by atoms with van der Waals surface area (Å²) in [5.41, 5.74) is 4.71. The minimum Gasteiger partial charge on any atom is -0.462 e. The Morgan fingerprint density at radius 3 is 2.97 bits per heavy atom. The van der Waals surface area contributed by atoms with Crippen LogP contribution in [0.25, 0.3) is 5.69 Å². The number of nitrogens with zero attached hydrogens (tertiary/aromatic N) is 5. The van der Waals surface area contributed by atoms with Crippen molar-refractivity contribution in [3.05, 3.63) is 59.2 Å². The highest BCUT2D eigenvalue weighted by Crippen LogP contribution is 2.55. The fraction of sp³-hybridized carbons (Fsp3) is 0.478. The van der Waals surface area contributed by atoms with Gasteiger partial charge in [-0.15, -0.1) is 5.10 Å². The van der Waals surface area contributed by atoms with E-state index in [9.17, 15) is 4.79 Å². The summed E-state index contributed by atoms with van der Waals surface area (Å²) in [7, 11) is 1.87. The molecule has 31 heavy (non-hydrogen) atoms. The van der Waals surface area contributed by atoms with Crippen LogP contribution in [-0.2, 0) is 11.8 Å². The highest BCUT2D eigenvalue weighted by molar-refractivity contribution is 5.91. The molecule has 3 heterocycles. The number of carbonyl (C=O) groups excluding carboxylic acids is 1. The summed E-state index contributed by atoms with van der Waals surface area (Å²) in [5, 5.41) is 16.5. The van der Waals surface area contributed by atoms with Gasteiger partial charge in [0, 0.05) is 31.6 Å². The molecule has 162 valence electrons. The topological polar surface area (TPSA) is 86.9 Å². The number of hydrogen-bond acceptors (Lipinski definition) is 6. The molecule has 2 aromatic heterocycles. The van der Waals surface area contributed by atoms with Crippen LogP contribution in [0.5, 0.6) is 0 Å². The fourth-order valence-electron chi connectivity index (χ4n) is 4.69. The molecule has 8 heteroatoms. The number of rotatable bonds is 6. The molecule has 0 radical (unpaired) electrons. The third-order valence-electron chi connectivity index (χ3n) is 6.33. The summed E-state index contributed by atoms with van der Waals surface area (Å²) >= 11 is 0. The maximum atomic E-state index is 12.7. The first kappa shape index (κ1) is 19.9. The van der Waals surface area contributed by atoms with Crippen LogP contribution >= 0.6 is 0 Å². The Balaban J connectivity index is 1.51. The summed E-state index contributed by atoms with van der Waals surface area (Å²) in [4.78, 5) is 12.7. The van der Waals surface area contributed by atoms with Gasteiger partial charge in [-0.05, 0) is 56.3 Å². The average Bonchev–Trinajstić information content (AvgIpc) is 3.25. The fourth-order valence-corrected chi connectivity index (χ4v) is 4.69. The first-order valence-electron chi connectivity index (χ1n) is 11.1. The van der Waals surface area contributed by atoms with Crippen LogP contribution < -0.4 is 5.32 Å². The van der Waals surface area contributed by atoms with Gasteiger partial charge in [-0.3, -0.25) is 4.68 Å². The summed E-state index contributed by atoms with van der Waals surface area (Å²) in [6, 6.07) is 8.55. The molecule has 2 aliphatic rings. The lowest BCUT2D eigenvalue weighted by Gasteiger charge is -2.23. The van der Waals surface area contributed by atoms with Gasteiger partial charge < -0.3 is 10.1 Å². The minimum atomic E-state index is -0.318. The van der Waals surface area contributed by atoms with Gasteiger partial charge in [0.1, 0.15) is 5.56 Å². The van der Waals surface area contributed by atoms with E-state index in [2.05, 4.69) is 45.0 Å². The summed E-state index contributed by atoms with van der Waals surface area (Å²) in [6.45, 7) is 4.25. The molecule has 1 aliphatic carbocycles. The van der Waals surface area contributed by atoms with E-state index in [0.717, 1.165) is 36.6 Å². The lowest BCUT2D eigenvalue weighted by Crippen LogP contribution is -2.28. The standard InChI is InChI=1S/C23H28N6O2/c1-3-31-23(30)20-13-25-29(22(20)19-11-18(19)21-14-28(2)27-26-21)17-8-4-6-15(10-17)16-7-5-9-24-12-16/h4,6,8,10,13-14,16,18-19,24H,3,5,7,9,11-12H2,1-2H3/t16?,18-,19?/m1/s1. The Morgan fingerprint density at radius 2 is 2.23 bits per heavy atom. The Morgan fingerprint density at radius 1 is 1.32 bits per heavy atom. The molecule has 8 nitrogen and oxygen atoms in total. The largest absolute Gasteiger partial charge is 0.462 e. The van der Waals surface area contributed by atoms with Crippen molar-refractivity contribution < 1.29 is 9.53 Å². The molecular formula is C23H28N6O2. The third kappa shape index (κ3) is 3.87. The smallest absolute Gasteiger partial charge is 0.341 e. The zero-order valence-electron chi connectivity index (χ0n) is 18.0. The van der Waals surface area contributed by atoms with Gasteiger partial charge >= 0.3 is 5.97 Å². The Hall–Kier alpha value is -3.00. The number of aromatic nitrogens is 5. The SMILES string of the molecule is CCOC(=O)c1cnn(-c2cccc(C3CCCNC3)c2)c1C1C[C@H]1c1cn(C)nn1. The summed E-state index contributed by atoms with van der Waals surface area (Å²) in [6.07, 6.45) is 6.90. The average molecular weight is 421 g/mol. The van der Waals surface area contributed by atoms with Crippen molar-refractivity contribution in [1.29, 1.82) is 0 Å². The van der Waals surface area contributed by atoms with Crippen molar-refractivity contribution in [3.8, 4) is 5.69 Å². The minimum absolute atomic E-state index is 0.165. The molecule has 3 aromatic rings. The first-order valence-corrected chi connectivity index (χ1v) is 11.1. The first-order chi connectivity index (χ1) is 15.2. The van der Waals surface area contributed by atoms with Crippen LogP contribution in [0.1, 0.15) is 71.2 Å². The molecule has 1 aliphatic heterocycles. The highest BCUT2D eigenvalue weighted by atomic mass is 16.5. The van der Waals surface area contributed by atoms with Gasteiger partial charge in [0.25, 0.3) is 0 Å². The van der Waals surface area contributed by atoms with Crippen molar-refractivity contribution in [2.45, 2.75) is 43.9 Å². The lowest BCUT2D eigenvalue weighted by molar-refractivity contribution is 0.0525. The van der Waals surface area contributed by atoms with Crippen molar-refractivity contribution >= 4 is 5.97 Å². The zero-order valence-corrected chi connectivity index (χ0v) is 18.0. The molecule has 2 unspecified atom stereocenters. The molecule has 1 saturated heterocycles. The molecule has 3 atom stereocenters. The number of benzene rings is 1. The molecule has 0 bridgehead atoms. The Bertz CT molecular complexity index is 1080. The number of carbonyl (C=O) groups is 1. The summed E-state index contributed by atoms with van der Waals surface area (Å²) in [5.74, 6) is 0.591. The van der Waals surface area contributed by atoms with Crippen LogP contribution in [-0.4, -0.2) is 50.4 Å². The quantitative estimate of drug-likeness (QED) is 0.617. The molecular weight excluding hydrogens is 392 g/mol.